The standard InChI is InChI=1S/C15H8F6.C15H13.C12H19.2ClH.Zr/c16-14(17,18)12-5-1-3-10(8-12)7-11-4-2-6-13(9-11)15(19,20)21;1-10-3-5-14-12(7-10)9-13-8-11(2)4-6-15(13)14;1-5-6-10-7-8-11(9-10)12(2,3)4;;;/h1-6,8-9H;3-7H,9H2,1-2H3;8-10H,5-6H2,1-4H3;2*1H;/q;;;;;+2/p-2. The van der Waals surface area contributed by atoms with Crippen LogP contribution in [0.2, 0.25) is 0 Å². The van der Waals surface area contributed by atoms with E-state index < -0.39 is 44.7 Å². The first-order valence-corrected chi connectivity index (χ1v) is 20.4. The molecule has 0 saturated carbocycles. The summed E-state index contributed by atoms with van der Waals surface area (Å²) in [4.78, 5) is 0. The number of benzene rings is 4. The Morgan fingerprint density at radius 3 is 1.84 bits per heavy atom. The molecule has 0 amide bonds. The van der Waals surface area contributed by atoms with Crippen molar-refractivity contribution in [1.82, 2.24) is 0 Å². The van der Waals surface area contributed by atoms with Gasteiger partial charge in [0.25, 0.3) is 0 Å². The van der Waals surface area contributed by atoms with Crippen LogP contribution in [-0.4, -0.2) is 3.21 Å². The summed E-state index contributed by atoms with van der Waals surface area (Å²) in [5, 5.41) is 0. The third kappa shape index (κ3) is 8.27. The molecule has 0 spiro atoms. The zero-order valence-corrected chi connectivity index (χ0v) is 33.4. The number of aryl methyl sites for hydroxylation is 2. The molecule has 0 bridgehead atoms. The molecule has 0 saturated heterocycles. The van der Waals surface area contributed by atoms with Crippen LogP contribution in [0, 0.1) is 25.2 Å². The van der Waals surface area contributed by atoms with Crippen molar-refractivity contribution in [2.24, 2.45) is 11.3 Å². The van der Waals surface area contributed by atoms with E-state index in [9.17, 15) is 26.3 Å². The molecule has 51 heavy (non-hydrogen) atoms. The molecule has 0 N–H and O–H groups in total. The maximum atomic E-state index is 14.3. The van der Waals surface area contributed by atoms with Crippen LogP contribution in [0.1, 0.15) is 85.0 Å². The maximum Gasteiger partial charge on any atom is -1.00 e. The van der Waals surface area contributed by atoms with E-state index in [1.807, 2.05) is 0 Å². The summed E-state index contributed by atoms with van der Waals surface area (Å²) in [7, 11) is 0. The van der Waals surface area contributed by atoms with E-state index >= 15 is 0 Å². The largest absolute Gasteiger partial charge is 1.00 e. The second-order valence-corrected chi connectivity index (χ2v) is 20.1. The smallest absolute Gasteiger partial charge is 1.00 e. The van der Waals surface area contributed by atoms with Gasteiger partial charge in [-0.3, -0.25) is 0 Å². The Balaban J connectivity index is 0.00000292. The van der Waals surface area contributed by atoms with Gasteiger partial charge in [0.2, 0.25) is 0 Å². The first-order valence-electron chi connectivity index (χ1n) is 16.7. The van der Waals surface area contributed by atoms with Gasteiger partial charge in [-0.25, -0.2) is 0 Å². The van der Waals surface area contributed by atoms with E-state index in [4.69, 9.17) is 0 Å². The van der Waals surface area contributed by atoms with Gasteiger partial charge in [-0.2, -0.15) is 0 Å². The van der Waals surface area contributed by atoms with Gasteiger partial charge in [-0.15, -0.1) is 0 Å². The molecular weight excluding hydrogens is 781 g/mol. The maximum absolute atomic E-state index is 14.3. The van der Waals surface area contributed by atoms with Crippen LogP contribution in [-0.2, 0) is 40.0 Å². The number of halogens is 8. The van der Waals surface area contributed by atoms with Crippen LogP contribution >= 0.6 is 0 Å². The quantitative estimate of drug-likeness (QED) is 0.193. The van der Waals surface area contributed by atoms with E-state index in [1.165, 1.54) is 21.0 Å². The Morgan fingerprint density at radius 1 is 0.745 bits per heavy atom. The van der Waals surface area contributed by atoms with Crippen molar-refractivity contribution >= 4 is 6.48 Å². The zero-order valence-electron chi connectivity index (χ0n) is 29.4. The Kier molecular flexibility index (Phi) is 12.3. The molecular formula is C42H40Cl2F6Zr. The summed E-state index contributed by atoms with van der Waals surface area (Å²) >= 11 is -3.70. The minimum atomic E-state index is -4.61. The van der Waals surface area contributed by atoms with E-state index in [-0.39, 0.29) is 36.1 Å². The summed E-state index contributed by atoms with van der Waals surface area (Å²) in [6, 6.07) is 21.1. The average Bonchev–Trinajstić information content (AvgIpc) is 3.61. The molecule has 2 aliphatic rings. The molecule has 6 rings (SSSR count). The Hall–Kier alpha value is -2.73. The van der Waals surface area contributed by atoms with Gasteiger partial charge >= 0.3 is 294 Å². The molecule has 4 aromatic rings. The molecule has 0 aliphatic heterocycles. The molecule has 0 nitrogen and oxygen atoms in total. The van der Waals surface area contributed by atoms with Crippen molar-refractivity contribution in [2.75, 3.05) is 0 Å². The molecule has 2 aliphatic carbocycles. The first kappa shape index (κ1) is 41.0. The van der Waals surface area contributed by atoms with Crippen LogP contribution in [0.3, 0.4) is 0 Å². The Bertz CT molecular complexity index is 1980. The van der Waals surface area contributed by atoms with Crippen LogP contribution in [0.4, 0.5) is 26.3 Å². The number of fused-ring (bicyclic) bond motifs is 3. The van der Waals surface area contributed by atoms with Gasteiger partial charge in [0.05, 0.1) is 0 Å². The fourth-order valence-corrected chi connectivity index (χ4v) is 16.2. The van der Waals surface area contributed by atoms with Crippen LogP contribution in [0.5, 0.6) is 0 Å². The van der Waals surface area contributed by atoms with Crippen LogP contribution in [0.25, 0.3) is 11.1 Å². The molecule has 0 fully saturated rings. The Labute approximate surface area is 317 Å². The fraction of sp³-hybridized carbons (Fsp3) is 0.310. The van der Waals surface area contributed by atoms with Gasteiger partial charge in [0.15, 0.2) is 0 Å². The average molecular weight is 821 g/mol. The number of hydrogen-bond acceptors (Lipinski definition) is 0. The molecule has 0 aromatic heterocycles. The summed E-state index contributed by atoms with van der Waals surface area (Å²) < 4.78 is 88.7. The second-order valence-electron chi connectivity index (χ2n) is 14.4. The van der Waals surface area contributed by atoms with Crippen molar-refractivity contribution < 1.29 is 72.4 Å². The third-order valence-electron chi connectivity index (χ3n) is 9.74. The fourth-order valence-electron chi connectivity index (χ4n) is 7.35. The topological polar surface area (TPSA) is 0 Å². The van der Waals surface area contributed by atoms with Crippen molar-refractivity contribution in [3.63, 3.8) is 0 Å². The summed E-state index contributed by atoms with van der Waals surface area (Å²) in [5.41, 5.74) is 6.82. The molecule has 0 radical (unpaired) electrons. The first-order chi connectivity index (χ1) is 23.0. The zero-order chi connectivity index (χ0) is 35.5. The summed E-state index contributed by atoms with van der Waals surface area (Å²) in [6.07, 6.45) is -2.22. The number of allylic oxidation sites excluding steroid dienone is 4. The monoisotopic (exact) mass is 818 g/mol. The van der Waals surface area contributed by atoms with Crippen molar-refractivity contribution in [3.8, 4) is 11.1 Å². The van der Waals surface area contributed by atoms with E-state index in [0.29, 0.717) is 20.8 Å². The summed E-state index contributed by atoms with van der Waals surface area (Å²) in [6.45, 7) is 12.7. The van der Waals surface area contributed by atoms with Crippen molar-refractivity contribution in [3.05, 3.63) is 144 Å². The molecule has 268 valence electrons. The second kappa shape index (κ2) is 15.3. The van der Waals surface area contributed by atoms with Crippen molar-refractivity contribution in [2.45, 2.75) is 73.2 Å². The van der Waals surface area contributed by atoms with Crippen LogP contribution in [0.15, 0.2) is 99.9 Å². The summed E-state index contributed by atoms with van der Waals surface area (Å²) in [5.74, 6) is 0.0431. The van der Waals surface area contributed by atoms with E-state index in [2.05, 4.69) is 84.0 Å². The normalized spacial score (nSPS) is 15.1. The van der Waals surface area contributed by atoms with Crippen LogP contribution < -0.4 is 28.1 Å². The minimum Gasteiger partial charge on any atom is -1.00 e. The molecule has 0 heterocycles. The van der Waals surface area contributed by atoms with E-state index in [0.717, 1.165) is 73.8 Å². The van der Waals surface area contributed by atoms with Gasteiger partial charge in [0, 0.05) is 0 Å². The number of alkyl halides is 6. The van der Waals surface area contributed by atoms with Gasteiger partial charge in [0.1, 0.15) is 0 Å². The number of hydrogen-bond donors (Lipinski definition) is 0. The SMILES string of the molecule is CCCC1C=C(C(C)(C)C)C=[C]1[Zr+2](=[C](c1cccc(C(F)(F)F)c1)c1cccc(C(F)(F)F)c1)[c]1c(C)ccc2c1Cc1cc(C)ccc1-2.[Cl-].[Cl-]. The Morgan fingerprint density at radius 2 is 1.31 bits per heavy atom. The number of rotatable bonds is 6. The van der Waals surface area contributed by atoms with Crippen molar-refractivity contribution in [1.29, 1.82) is 0 Å². The van der Waals surface area contributed by atoms with E-state index in [1.54, 1.807) is 12.1 Å². The molecule has 1 atom stereocenters. The predicted molar refractivity (Wildman–Crippen MR) is 184 cm³/mol. The minimum absolute atomic E-state index is 0. The third-order valence-corrected chi connectivity index (χ3v) is 18.0. The molecule has 1 unspecified atom stereocenters. The molecule has 4 aromatic carbocycles. The van der Waals surface area contributed by atoms with Gasteiger partial charge in [-0.05, 0) is 0 Å². The van der Waals surface area contributed by atoms with Gasteiger partial charge < -0.3 is 24.8 Å². The predicted octanol–water partition coefficient (Wildman–Crippen LogP) is 5.72. The van der Waals surface area contributed by atoms with Gasteiger partial charge in [-0.1, -0.05) is 0 Å². The molecule has 9 heteroatoms.